The number of carboxylic acids is 1. The molecule has 22 heavy (non-hydrogen) atoms. The maximum absolute atomic E-state index is 11.8. The van der Waals surface area contributed by atoms with Crippen molar-refractivity contribution in [1.82, 2.24) is 4.90 Å². The largest absolute Gasteiger partial charge is 0.481 e. The van der Waals surface area contributed by atoms with E-state index < -0.39 is 5.97 Å². The molecule has 0 spiro atoms. The molecule has 1 fully saturated rings. The molecule has 0 bridgehead atoms. The number of aliphatic carboxylic acids is 1. The van der Waals surface area contributed by atoms with Crippen LogP contribution >= 0.6 is 0 Å². The summed E-state index contributed by atoms with van der Waals surface area (Å²) in [4.78, 5) is 14.0. The number of hydrogen-bond donors (Lipinski definition) is 1. The van der Waals surface area contributed by atoms with Gasteiger partial charge in [0.15, 0.2) is 0 Å². The van der Waals surface area contributed by atoms with Gasteiger partial charge in [0.05, 0.1) is 5.92 Å². The first-order chi connectivity index (χ1) is 10.6. The quantitative estimate of drug-likeness (QED) is 0.942. The second-order valence-electron chi connectivity index (χ2n) is 6.33. The minimum absolute atomic E-state index is 0.345. The number of carbonyl (C=O) groups is 1. The van der Waals surface area contributed by atoms with E-state index in [1.54, 1.807) is 0 Å². The summed E-state index contributed by atoms with van der Waals surface area (Å²) >= 11 is 0. The van der Waals surface area contributed by atoms with E-state index in [1.165, 1.54) is 5.56 Å². The van der Waals surface area contributed by atoms with E-state index in [9.17, 15) is 9.90 Å². The highest BCUT2D eigenvalue weighted by atomic mass is 16.4. The van der Waals surface area contributed by atoms with Crippen LogP contribution in [0, 0.1) is 5.92 Å². The van der Waals surface area contributed by atoms with Crippen molar-refractivity contribution in [3.05, 3.63) is 71.8 Å². The summed E-state index contributed by atoms with van der Waals surface area (Å²) in [5.74, 6) is -1.08. The summed E-state index contributed by atoms with van der Waals surface area (Å²) in [5.41, 5.74) is 1.99. The van der Waals surface area contributed by atoms with Crippen LogP contribution in [0.25, 0.3) is 0 Å². The molecule has 3 rings (SSSR count). The highest BCUT2D eigenvalue weighted by molar-refractivity contribution is 5.73. The van der Waals surface area contributed by atoms with Crippen LogP contribution < -0.4 is 0 Å². The molecule has 0 radical (unpaired) electrons. The molecule has 0 saturated carbocycles. The lowest BCUT2D eigenvalue weighted by Gasteiger charge is -2.29. The van der Waals surface area contributed by atoms with Crippen molar-refractivity contribution in [2.45, 2.75) is 18.9 Å². The Labute approximate surface area is 131 Å². The molecule has 1 saturated heterocycles. The number of rotatable bonds is 4. The summed E-state index contributed by atoms with van der Waals surface area (Å²) in [6, 6.07) is 20.3. The lowest BCUT2D eigenvalue weighted by Crippen LogP contribution is -2.36. The molecular formula is C19H21NO2. The standard InChI is InChI=1S/C19H21NO2/c1-19(16-10-6-3-7-11-16)14-20(13-17(19)18(21)22)12-15-8-4-2-5-9-15/h2-11,17H,12-14H2,1H3,(H,21,22)/t17-,19+/m1/s1. The first-order valence-electron chi connectivity index (χ1n) is 7.64. The van der Waals surface area contributed by atoms with E-state index in [4.69, 9.17) is 0 Å². The van der Waals surface area contributed by atoms with Gasteiger partial charge in [-0.25, -0.2) is 0 Å². The molecule has 1 aliphatic heterocycles. The average Bonchev–Trinajstić information content (AvgIpc) is 2.87. The molecule has 3 nitrogen and oxygen atoms in total. The molecule has 2 aromatic carbocycles. The predicted octanol–water partition coefficient (Wildman–Crippen LogP) is 3.16. The van der Waals surface area contributed by atoms with Gasteiger partial charge in [-0.3, -0.25) is 9.69 Å². The SMILES string of the molecule is C[C@@]1(c2ccccc2)CN(Cc2ccccc2)C[C@@H]1C(=O)O. The van der Waals surface area contributed by atoms with Crippen LogP contribution in [0.5, 0.6) is 0 Å². The highest BCUT2D eigenvalue weighted by Gasteiger charge is 2.47. The zero-order valence-electron chi connectivity index (χ0n) is 12.8. The van der Waals surface area contributed by atoms with Gasteiger partial charge in [0, 0.05) is 25.0 Å². The van der Waals surface area contributed by atoms with E-state index >= 15 is 0 Å². The number of carboxylic acid groups (broad SMARTS) is 1. The fourth-order valence-corrected chi connectivity index (χ4v) is 3.52. The van der Waals surface area contributed by atoms with Gasteiger partial charge in [-0.2, -0.15) is 0 Å². The number of benzene rings is 2. The Morgan fingerprint density at radius 2 is 1.73 bits per heavy atom. The van der Waals surface area contributed by atoms with Gasteiger partial charge in [-0.15, -0.1) is 0 Å². The summed E-state index contributed by atoms with van der Waals surface area (Å²) in [6.45, 7) is 4.23. The maximum atomic E-state index is 11.8. The topological polar surface area (TPSA) is 40.5 Å². The molecule has 1 aliphatic rings. The molecular weight excluding hydrogens is 274 g/mol. The fourth-order valence-electron chi connectivity index (χ4n) is 3.52. The molecule has 0 unspecified atom stereocenters. The van der Waals surface area contributed by atoms with Crippen LogP contribution in [0.1, 0.15) is 18.1 Å². The third-order valence-corrected chi connectivity index (χ3v) is 4.74. The number of hydrogen-bond acceptors (Lipinski definition) is 2. The van der Waals surface area contributed by atoms with E-state index in [1.807, 2.05) is 48.5 Å². The van der Waals surface area contributed by atoms with Crippen LogP contribution in [-0.2, 0) is 16.8 Å². The predicted molar refractivity (Wildman–Crippen MR) is 86.6 cm³/mol. The summed E-state index contributed by atoms with van der Waals surface area (Å²) < 4.78 is 0. The lowest BCUT2D eigenvalue weighted by molar-refractivity contribution is -0.142. The zero-order chi connectivity index (χ0) is 15.6. The van der Waals surface area contributed by atoms with Crippen molar-refractivity contribution < 1.29 is 9.90 Å². The first kappa shape index (κ1) is 14.8. The molecule has 2 aromatic rings. The number of nitrogens with zero attached hydrogens (tertiary/aromatic N) is 1. The van der Waals surface area contributed by atoms with Crippen LogP contribution in [0.2, 0.25) is 0 Å². The summed E-state index contributed by atoms with van der Waals surface area (Å²) in [5, 5.41) is 9.67. The Kier molecular flexibility index (Phi) is 3.99. The molecule has 0 aliphatic carbocycles. The monoisotopic (exact) mass is 295 g/mol. The van der Waals surface area contributed by atoms with Crippen molar-refractivity contribution in [1.29, 1.82) is 0 Å². The Bertz CT molecular complexity index is 641. The average molecular weight is 295 g/mol. The Morgan fingerprint density at radius 1 is 1.14 bits per heavy atom. The van der Waals surface area contributed by atoms with Crippen molar-refractivity contribution >= 4 is 5.97 Å². The minimum Gasteiger partial charge on any atom is -0.481 e. The van der Waals surface area contributed by atoms with Crippen molar-refractivity contribution in [2.75, 3.05) is 13.1 Å². The van der Waals surface area contributed by atoms with Gasteiger partial charge in [0.2, 0.25) is 0 Å². The molecule has 1 N–H and O–H groups in total. The zero-order valence-corrected chi connectivity index (χ0v) is 12.8. The Balaban J connectivity index is 1.85. The molecule has 1 heterocycles. The van der Waals surface area contributed by atoms with Crippen LogP contribution in [0.15, 0.2) is 60.7 Å². The van der Waals surface area contributed by atoms with Gasteiger partial charge < -0.3 is 5.11 Å². The molecule has 0 aromatic heterocycles. The molecule has 0 amide bonds. The summed E-state index contributed by atoms with van der Waals surface area (Å²) in [6.07, 6.45) is 0. The van der Waals surface area contributed by atoms with Gasteiger partial charge in [-0.05, 0) is 11.1 Å². The highest BCUT2D eigenvalue weighted by Crippen LogP contribution is 2.39. The van der Waals surface area contributed by atoms with Crippen LogP contribution in [-0.4, -0.2) is 29.1 Å². The van der Waals surface area contributed by atoms with Gasteiger partial charge >= 0.3 is 5.97 Å². The van der Waals surface area contributed by atoms with Gasteiger partial charge in [0.25, 0.3) is 0 Å². The van der Waals surface area contributed by atoms with Crippen molar-refractivity contribution in [2.24, 2.45) is 5.92 Å². The second kappa shape index (κ2) is 5.93. The van der Waals surface area contributed by atoms with Gasteiger partial charge in [-0.1, -0.05) is 67.6 Å². The smallest absolute Gasteiger partial charge is 0.308 e. The lowest BCUT2D eigenvalue weighted by atomic mass is 9.74. The third-order valence-electron chi connectivity index (χ3n) is 4.74. The van der Waals surface area contributed by atoms with E-state index in [0.717, 1.165) is 18.7 Å². The molecule has 114 valence electrons. The normalized spacial score (nSPS) is 25.2. The van der Waals surface area contributed by atoms with E-state index in [2.05, 4.69) is 24.0 Å². The van der Waals surface area contributed by atoms with Crippen LogP contribution in [0.4, 0.5) is 0 Å². The van der Waals surface area contributed by atoms with E-state index in [-0.39, 0.29) is 11.3 Å². The Hall–Kier alpha value is -2.13. The van der Waals surface area contributed by atoms with Crippen LogP contribution in [0.3, 0.4) is 0 Å². The fraction of sp³-hybridized carbons (Fsp3) is 0.316. The minimum atomic E-state index is -0.707. The van der Waals surface area contributed by atoms with Crippen molar-refractivity contribution in [3.8, 4) is 0 Å². The van der Waals surface area contributed by atoms with Crippen molar-refractivity contribution in [3.63, 3.8) is 0 Å². The van der Waals surface area contributed by atoms with E-state index in [0.29, 0.717) is 6.54 Å². The van der Waals surface area contributed by atoms with Gasteiger partial charge in [0.1, 0.15) is 0 Å². The molecule has 2 atom stereocenters. The third kappa shape index (κ3) is 2.77. The number of likely N-dealkylation sites (tertiary alicyclic amines) is 1. The summed E-state index contributed by atoms with van der Waals surface area (Å²) in [7, 11) is 0. The maximum Gasteiger partial charge on any atom is 0.308 e. The second-order valence-corrected chi connectivity index (χ2v) is 6.33. The first-order valence-corrected chi connectivity index (χ1v) is 7.64. The molecule has 3 heteroatoms. The Morgan fingerprint density at radius 3 is 2.32 bits per heavy atom.